The van der Waals surface area contributed by atoms with Gasteiger partial charge in [-0.1, -0.05) is 243 Å². The Hall–Kier alpha value is -9.96. The van der Waals surface area contributed by atoms with E-state index in [1.54, 1.807) is 0 Å². The van der Waals surface area contributed by atoms with Gasteiger partial charge in [-0.2, -0.15) is 0 Å². The van der Waals surface area contributed by atoms with Gasteiger partial charge in [-0.25, -0.2) is 0 Å². The highest BCUT2D eigenvalue weighted by Gasteiger charge is 2.47. The first-order chi connectivity index (χ1) is 37.7. The summed E-state index contributed by atoms with van der Waals surface area (Å²) < 4.78 is 9.73. The largest absolute Gasteiger partial charge is 0.455 e. The normalized spacial score (nSPS) is 12.6. The Kier molecular flexibility index (Phi) is 10.1. The number of benzene rings is 12. The van der Waals surface area contributed by atoms with Crippen LogP contribution in [0.2, 0.25) is 0 Å². The van der Waals surface area contributed by atoms with Crippen LogP contribution in [0.4, 0.5) is 17.1 Å². The maximum absolute atomic E-state index is 7.27. The molecule has 0 unspecified atom stereocenters. The fraction of sp³-hybridized carbons (Fsp3) is 0.0137. The molecule has 3 heteroatoms. The molecule has 0 saturated heterocycles. The van der Waals surface area contributed by atoms with E-state index in [-0.39, 0.29) is 0 Å². The van der Waals surface area contributed by atoms with Gasteiger partial charge in [-0.05, 0) is 104 Å². The van der Waals surface area contributed by atoms with Crippen molar-refractivity contribution in [2.75, 3.05) is 4.90 Å². The average Bonchev–Trinajstić information content (AvgIpc) is 4.32. The molecule has 0 atom stereocenters. The third-order valence-electron chi connectivity index (χ3n) is 15.9. The van der Waals surface area contributed by atoms with Gasteiger partial charge in [0.25, 0.3) is 0 Å². The number of hydrogen-bond acceptors (Lipinski definition) is 2. The average molecular weight is 969 g/mol. The Labute approximate surface area is 441 Å². The minimum absolute atomic E-state index is 0.579. The van der Waals surface area contributed by atoms with Crippen LogP contribution < -0.4 is 4.90 Å². The zero-order valence-corrected chi connectivity index (χ0v) is 41.5. The number of aromatic nitrogens is 1. The second kappa shape index (κ2) is 17.6. The van der Waals surface area contributed by atoms with E-state index < -0.39 is 5.41 Å². The molecule has 3 nitrogen and oxygen atoms in total. The van der Waals surface area contributed by atoms with E-state index in [1.165, 1.54) is 55.3 Å². The molecule has 2 aromatic heterocycles. The van der Waals surface area contributed by atoms with Crippen LogP contribution in [-0.4, -0.2) is 4.57 Å². The predicted molar refractivity (Wildman–Crippen MR) is 316 cm³/mol. The monoisotopic (exact) mass is 968 g/mol. The van der Waals surface area contributed by atoms with Gasteiger partial charge in [0.15, 0.2) is 0 Å². The van der Waals surface area contributed by atoms with Gasteiger partial charge < -0.3 is 13.9 Å². The van der Waals surface area contributed by atoms with Gasteiger partial charge in [0.05, 0.1) is 33.2 Å². The van der Waals surface area contributed by atoms with Gasteiger partial charge in [-0.3, -0.25) is 0 Å². The van der Waals surface area contributed by atoms with E-state index in [4.69, 9.17) is 4.42 Å². The molecule has 1 aliphatic carbocycles. The molecule has 76 heavy (non-hydrogen) atoms. The molecular weight excluding hydrogens is 921 g/mol. The number of anilines is 3. The summed E-state index contributed by atoms with van der Waals surface area (Å²) >= 11 is 0. The molecule has 1 aliphatic rings. The number of nitrogens with zero attached hydrogens (tertiary/aromatic N) is 2. The number of para-hydroxylation sites is 3. The summed E-state index contributed by atoms with van der Waals surface area (Å²) in [7, 11) is 0. The molecule has 0 saturated carbocycles. The van der Waals surface area contributed by atoms with E-state index in [2.05, 4.69) is 301 Å². The summed E-state index contributed by atoms with van der Waals surface area (Å²) in [5, 5.41) is 4.51. The standard InChI is InChI=1S/C73H48N2O/c1-5-22-49(23-6-1)50-42-44-54(45-43-50)74(65-38-17-14-30-56(65)51-24-7-2-8-25-51)55-46-47-59-58-32-15-18-39-66(58)75(68(59)48-55)67-40-21-41-69-70(67)63-36-20-35-62(72(63)76-69)61-34-19-33-60-57-31-13-16-37-64(57)73(71(60)61,52-26-9-3-10-27-52)53-28-11-4-12-29-53/h1-48H. The van der Waals surface area contributed by atoms with Gasteiger partial charge in [0.1, 0.15) is 11.2 Å². The molecule has 0 aliphatic heterocycles. The lowest BCUT2D eigenvalue weighted by molar-refractivity contribution is 0.669. The third-order valence-corrected chi connectivity index (χ3v) is 15.9. The molecule has 0 spiro atoms. The lowest BCUT2D eigenvalue weighted by atomic mass is 9.66. The number of hydrogen-bond donors (Lipinski definition) is 0. The second-order valence-corrected chi connectivity index (χ2v) is 19.9. The molecule has 2 heterocycles. The quantitative estimate of drug-likeness (QED) is 0.144. The van der Waals surface area contributed by atoms with Crippen LogP contribution >= 0.6 is 0 Å². The maximum atomic E-state index is 7.27. The smallest absolute Gasteiger partial charge is 0.143 e. The summed E-state index contributed by atoms with van der Waals surface area (Å²) in [6.45, 7) is 0. The van der Waals surface area contributed by atoms with Crippen molar-refractivity contribution in [1.82, 2.24) is 4.57 Å². The predicted octanol–water partition coefficient (Wildman–Crippen LogP) is 19.5. The second-order valence-electron chi connectivity index (χ2n) is 19.9. The molecule has 0 bridgehead atoms. The van der Waals surface area contributed by atoms with Crippen molar-refractivity contribution in [3.05, 3.63) is 313 Å². The van der Waals surface area contributed by atoms with E-state index in [9.17, 15) is 0 Å². The number of fused-ring (bicyclic) bond motifs is 9. The van der Waals surface area contributed by atoms with E-state index in [1.807, 2.05) is 0 Å². The highest BCUT2D eigenvalue weighted by molar-refractivity contribution is 6.17. The molecule has 15 rings (SSSR count). The first kappa shape index (κ1) is 43.6. The Bertz CT molecular complexity index is 4460. The maximum Gasteiger partial charge on any atom is 0.143 e. The Morgan fingerprint density at radius 3 is 1.62 bits per heavy atom. The zero-order valence-electron chi connectivity index (χ0n) is 41.5. The Morgan fingerprint density at radius 2 is 0.868 bits per heavy atom. The molecule has 14 aromatic rings. The fourth-order valence-corrected chi connectivity index (χ4v) is 12.7. The SMILES string of the molecule is c1ccc(-c2ccc(N(c3ccc4c5ccccc5n(-c5cccc6oc7c(-c8cccc9c8C(c8ccccc8)(c8ccccc8)c8ccccc8-9)cccc7c56)c4c3)c3ccccc3-c3ccccc3)cc2)cc1. The molecular formula is C73H48N2O. The van der Waals surface area contributed by atoms with E-state index >= 15 is 0 Å². The van der Waals surface area contributed by atoms with Crippen LogP contribution in [0.3, 0.4) is 0 Å². The van der Waals surface area contributed by atoms with Crippen molar-refractivity contribution in [1.29, 1.82) is 0 Å². The van der Waals surface area contributed by atoms with Crippen molar-refractivity contribution < 1.29 is 4.42 Å². The van der Waals surface area contributed by atoms with Gasteiger partial charge >= 0.3 is 0 Å². The van der Waals surface area contributed by atoms with E-state index in [0.29, 0.717) is 0 Å². The van der Waals surface area contributed by atoms with Gasteiger partial charge in [0.2, 0.25) is 0 Å². The first-order valence-electron chi connectivity index (χ1n) is 26.2. The highest BCUT2D eigenvalue weighted by Crippen LogP contribution is 2.59. The van der Waals surface area contributed by atoms with Crippen LogP contribution in [0.25, 0.3) is 93.9 Å². The first-order valence-corrected chi connectivity index (χ1v) is 26.2. The highest BCUT2D eigenvalue weighted by atomic mass is 16.3. The van der Waals surface area contributed by atoms with Gasteiger partial charge in [-0.15, -0.1) is 0 Å². The summed E-state index contributed by atoms with van der Waals surface area (Å²) in [5.41, 5.74) is 22.1. The topological polar surface area (TPSA) is 21.3 Å². The Balaban J connectivity index is 0.956. The van der Waals surface area contributed by atoms with Crippen LogP contribution in [0.5, 0.6) is 0 Å². The fourth-order valence-electron chi connectivity index (χ4n) is 12.7. The lowest BCUT2D eigenvalue weighted by Gasteiger charge is -2.35. The van der Waals surface area contributed by atoms with Crippen LogP contribution in [0, 0.1) is 0 Å². The summed E-state index contributed by atoms with van der Waals surface area (Å²) in [6, 6.07) is 106. The summed E-state index contributed by atoms with van der Waals surface area (Å²) in [4.78, 5) is 2.42. The van der Waals surface area contributed by atoms with Crippen LogP contribution in [-0.2, 0) is 5.41 Å². The van der Waals surface area contributed by atoms with Crippen molar-refractivity contribution >= 4 is 60.8 Å². The minimum Gasteiger partial charge on any atom is -0.455 e. The number of rotatable bonds is 9. The third kappa shape index (κ3) is 6.62. The molecule has 12 aromatic carbocycles. The molecule has 0 amide bonds. The lowest BCUT2D eigenvalue weighted by Crippen LogP contribution is -2.29. The van der Waals surface area contributed by atoms with Crippen molar-refractivity contribution in [3.8, 4) is 50.2 Å². The zero-order chi connectivity index (χ0) is 50.2. The summed E-state index contributed by atoms with van der Waals surface area (Å²) in [5.74, 6) is 0. The molecule has 0 N–H and O–H groups in total. The summed E-state index contributed by atoms with van der Waals surface area (Å²) in [6.07, 6.45) is 0. The van der Waals surface area contributed by atoms with Crippen LogP contribution in [0.15, 0.2) is 296 Å². The molecule has 0 fully saturated rings. The van der Waals surface area contributed by atoms with Crippen molar-refractivity contribution in [2.24, 2.45) is 0 Å². The van der Waals surface area contributed by atoms with Gasteiger partial charge in [0, 0.05) is 38.7 Å². The van der Waals surface area contributed by atoms with Crippen molar-refractivity contribution in [3.63, 3.8) is 0 Å². The Morgan fingerprint density at radius 1 is 0.342 bits per heavy atom. The molecule has 0 radical (unpaired) electrons. The van der Waals surface area contributed by atoms with Crippen molar-refractivity contribution in [2.45, 2.75) is 5.41 Å². The number of furan rings is 1. The van der Waals surface area contributed by atoms with E-state index in [0.717, 1.165) is 78.0 Å². The van der Waals surface area contributed by atoms with Crippen LogP contribution in [0.1, 0.15) is 22.3 Å². The minimum atomic E-state index is -0.579. The molecule has 356 valence electrons.